The number of amides is 3. The minimum Gasteiger partial charge on any atom is -0.496 e. The Morgan fingerprint density at radius 1 is 0.955 bits per heavy atom. The number of aryl methyl sites for hydroxylation is 1. The first-order valence-corrected chi connectivity index (χ1v) is 27.6. The number of hydrogen-bond donors (Lipinski definition) is 0. The van der Waals surface area contributed by atoms with E-state index < -0.39 is 43.8 Å². The summed E-state index contributed by atoms with van der Waals surface area (Å²) in [5, 5.41) is 1.79. The lowest BCUT2D eigenvalue weighted by Gasteiger charge is -2.51. The number of thiazole rings is 1. The van der Waals surface area contributed by atoms with E-state index in [0.717, 1.165) is 50.7 Å². The second-order valence-corrected chi connectivity index (χ2v) is 28.0. The highest BCUT2D eigenvalue weighted by Gasteiger charge is 2.51. The zero-order valence-corrected chi connectivity index (χ0v) is 44.7. The summed E-state index contributed by atoms with van der Waals surface area (Å²) in [4.78, 5) is 54.5. The van der Waals surface area contributed by atoms with Crippen molar-refractivity contribution in [3.8, 4) is 11.5 Å². The fraction of sp³-hybridized carbons (Fsp3) is 0.600. The zero-order valence-electron chi connectivity index (χ0n) is 41.4. The van der Waals surface area contributed by atoms with Gasteiger partial charge in [-0.25, -0.2) is 14.6 Å². The third-order valence-electron chi connectivity index (χ3n) is 12.7. The largest absolute Gasteiger partial charge is 0.496 e. The van der Waals surface area contributed by atoms with Crippen LogP contribution in [0.15, 0.2) is 42.1 Å². The molecule has 3 heterocycles. The molecule has 0 spiro atoms. The van der Waals surface area contributed by atoms with Gasteiger partial charge in [0.1, 0.15) is 17.0 Å². The van der Waals surface area contributed by atoms with E-state index in [2.05, 4.69) is 33.9 Å². The van der Waals surface area contributed by atoms with E-state index in [1.54, 1.807) is 16.9 Å². The SMILES string of the molecule is COc1cccc(CN(C(=O)C2=C(c3cnc(CCCOc4c(Cl)cc([C@H](C)O[Si](C)(C)C(C)(C)C)cc4Cl)s3)C[C@H]3CN(C(=O)OC(C)(C)C)C[C@@H]2N3C(=O)OC(C)(C)C)C2CC2)c1C. The number of benzene rings is 2. The molecule has 0 radical (unpaired) electrons. The van der Waals surface area contributed by atoms with Gasteiger partial charge in [0, 0.05) is 43.9 Å². The lowest BCUT2D eigenvalue weighted by molar-refractivity contribution is -0.129. The fourth-order valence-corrected chi connectivity index (χ4v) is 11.2. The van der Waals surface area contributed by atoms with E-state index in [4.69, 9.17) is 51.6 Å². The third-order valence-corrected chi connectivity index (χ3v) is 19.0. The molecule has 1 saturated heterocycles. The predicted octanol–water partition coefficient (Wildman–Crippen LogP) is 12.4. The Labute approximate surface area is 407 Å². The van der Waals surface area contributed by atoms with E-state index in [9.17, 15) is 9.59 Å². The van der Waals surface area contributed by atoms with Crippen LogP contribution in [-0.2, 0) is 31.7 Å². The van der Waals surface area contributed by atoms with Gasteiger partial charge < -0.3 is 33.2 Å². The van der Waals surface area contributed by atoms with Crippen molar-refractivity contribution in [3.63, 3.8) is 0 Å². The first-order chi connectivity index (χ1) is 30.7. The Kier molecular flexibility index (Phi) is 15.6. The van der Waals surface area contributed by atoms with Crippen molar-refractivity contribution in [3.05, 3.63) is 78.7 Å². The molecule has 3 aromatic rings. The molecule has 0 unspecified atom stereocenters. The molecule has 1 aromatic heterocycles. The van der Waals surface area contributed by atoms with Gasteiger partial charge in [0.15, 0.2) is 14.1 Å². The molecule has 0 N–H and O–H groups in total. The molecule has 3 aliphatic rings. The van der Waals surface area contributed by atoms with Crippen LogP contribution in [0.3, 0.4) is 0 Å². The highest BCUT2D eigenvalue weighted by Crippen LogP contribution is 2.45. The van der Waals surface area contributed by atoms with Gasteiger partial charge in [0.05, 0.1) is 51.8 Å². The molecule has 6 rings (SSSR count). The molecule has 1 aliphatic carbocycles. The van der Waals surface area contributed by atoms with Gasteiger partial charge in [-0.15, -0.1) is 11.3 Å². The van der Waals surface area contributed by atoms with Crippen LogP contribution in [0.2, 0.25) is 28.2 Å². The van der Waals surface area contributed by atoms with Crippen molar-refractivity contribution in [1.82, 2.24) is 19.7 Å². The number of halogens is 2. The number of carbonyl (C=O) groups excluding carboxylic acids is 3. The number of aromatic nitrogens is 1. The van der Waals surface area contributed by atoms with Crippen molar-refractivity contribution in [2.75, 3.05) is 26.8 Å². The summed E-state index contributed by atoms with van der Waals surface area (Å²) in [7, 11) is -0.384. The quantitative estimate of drug-likeness (QED) is 0.115. The monoisotopic (exact) mass is 984 g/mol. The number of piperazine rings is 1. The number of fused-ring (bicyclic) bond motifs is 2. The summed E-state index contributed by atoms with van der Waals surface area (Å²) >= 11 is 15.1. The van der Waals surface area contributed by atoms with Crippen molar-refractivity contribution in [2.45, 2.75) is 168 Å². The molecule has 1 saturated carbocycles. The Balaban J connectivity index is 1.30. The Hall–Kier alpha value is -3.82. The molecular formula is C50H70Cl2N4O8SSi. The molecule has 2 aromatic carbocycles. The van der Waals surface area contributed by atoms with Crippen LogP contribution < -0.4 is 9.47 Å². The summed E-state index contributed by atoms with van der Waals surface area (Å²) in [6.45, 7) is 27.1. The minimum atomic E-state index is -2.03. The van der Waals surface area contributed by atoms with Crippen molar-refractivity contribution < 1.29 is 37.8 Å². The Bertz CT molecular complexity index is 2290. The van der Waals surface area contributed by atoms with E-state index in [-0.39, 0.29) is 36.2 Å². The summed E-state index contributed by atoms with van der Waals surface area (Å²) in [6, 6.07) is 8.34. The molecular weight excluding hydrogens is 916 g/mol. The predicted molar refractivity (Wildman–Crippen MR) is 265 cm³/mol. The Morgan fingerprint density at radius 2 is 1.59 bits per heavy atom. The third kappa shape index (κ3) is 12.2. The zero-order chi connectivity index (χ0) is 48.7. The van der Waals surface area contributed by atoms with Crippen molar-refractivity contribution in [1.29, 1.82) is 0 Å². The second kappa shape index (κ2) is 20.0. The molecule has 362 valence electrons. The van der Waals surface area contributed by atoms with E-state index in [1.165, 1.54) is 11.3 Å². The first-order valence-electron chi connectivity index (χ1n) is 23.1. The van der Waals surface area contributed by atoms with E-state index in [1.807, 2.05) is 96.8 Å². The van der Waals surface area contributed by atoms with Crippen molar-refractivity contribution >= 4 is 66.5 Å². The van der Waals surface area contributed by atoms with Gasteiger partial charge >= 0.3 is 12.2 Å². The van der Waals surface area contributed by atoms with Crippen LogP contribution in [0.4, 0.5) is 9.59 Å². The van der Waals surface area contributed by atoms with Crippen LogP contribution in [0.25, 0.3) is 5.57 Å². The van der Waals surface area contributed by atoms with Gasteiger partial charge in [0.2, 0.25) is 0 Å². The molecule has 66 heavy (non-hydrogen) atoms. The maximum absolute atomic E-state index is 15.5. The van der Waals surface area contributed by atoms with Gasteiger partial charge in [-0.3, -0.25) is 9.69 Å². The number of ether oxygens (including phenoxy) is 4. The van der Waals surface area contributed by atoms with Crippen LogP contribution in [0.1, 0.15) is 128 Å². The van der Waals surface area contributed by atoms with E-state index >= 15 is 4.79 Å². The minimum absolute atomic E-state index is 0.0179. The van der Waals surface area contributed by atoms with Gasteiger partial charge in [-0.05, 0) is 140 Å². The first kappa shape index (κ1) is 51.6. The maximum Gasteiger partial charge on any atom is 0.411 e. The van der Waals surface area contributed by atoms with Crippen LogP contribution in [-0.4, -0.2) is 102 Å². The van der Waals surface area contributed by atoms with Crippen LogP contribution in [0.5, 0.6) is 11.5 Å². The molecule has 16 heteroatoms. The molecule has 2 aliphatic heterocycles. The number of carbonyl (C=O) groups is 3. The standard InChI is InChI=1S/C50H70Cl2N4O8SSi/c1-30-32(17-15-18-40(30)60-12)27-55(34-20-21-34)45(57)43-36(25-35-28-54(46(58)62-48(3,4)5)29-39(43)56(35)47(59)63-49(6,7)8)41-26-53-42(65-41)19-16-22-61-44-37(51)23-33(24-38(44)52)31(2)64-66(13,14)50(9,10)11/h15,17-18,23-24,26,31,34-35,39H,16,19-22,25,27-29H2,1-14H3/t31-,35-,39-/m0/s1. The van der Waals surface area contributed by atoms with Crippen LogP contribution in [0, 0.1) is 6.92 Å². The molecule has 3 atom stereocenters. The Morgan fingerprint density at radius 3 is 2.18 bits per heavy atom. The lowest BCUT2D eigenvalue weighted by Crippen LogP contribution is -2.66. The lowest BCUT2D eigenvalue weighted by atomic mass is 9.83. The molecule has 12 nitrogen and oxygen atoms in total. The maximum atomic E-state index is 15.5. The summed E-state index contributed by atoms with van der Waals surface area (Å²) < 4.78 is 30.3. The fourth-order valence-electron chi connectivity index (χ4n) is 8.22. The summed E-state index contributed by atoms with van der Waals surface area (Å²) in [6.07, 6.45) is 3.92. The number of methoxy groups -OCH3 is 1. The highest BCUT2D eigenvalue weighted by atomic mass is 35.5. The number of rotatable bonds is 14. The average molecular weight is 986 g/mol. The average Bonchev–Trinajstić information content (AvgIpc) is 3.93. The summed E-state index contributed by atoms with van der Waals surface area (Å²) in [5.74, 6) is 1.00. The molecule has 2 bridgehead atoms. The molecule has 3 amide bonds. The van der Waals surface area contributed by atoms with Gasteiger partial charge in [-0.1, -0.05) is 56.1 Å². The smallest absolute Gasteiger partial charge is 0.411 e. The topological polar surface area (TPSA) is 120 Å². The van der Waals surface area contributed by atoms with Gasteiger partial charge in [-0.2, -0.15) is 0 Å². The highest BCUT2D eigenvalue weighted by molar-refractivity contribution is 7.12. The number of hydrogen-bond acceptors (Lipinski definition) is 10. The summed E-state index contributed by atoms with van der Waals surface area (Å²) in [5.41, 5.74) is 2.60. The second-order valence-electron chi connectivity index (χ2n) is 21.4. The van der Waals surface area contributed by atoms with E-state index in [0.29, 0.717) is 53.8 Å². The number of nitrogens with zero attached hydrogens (tertiary/aromatic N) is 4. The van der Waals surface area contributed by atoms with Crippen molar-refractivity contribution in [2.24, 2.45) is 0 Å². The van der Waals surface area contributed by atoms with Crippen LogP contribution >= 0.6 is 34.5 Å². The van der Waals surface area contributed by atoms with Gasteiger partial charge in [0.25, 0.3) is 5.91 Å². The molecule has 2 fully saturated rings. The normalized spacial score (nSPS) is 18.5.